The maximum atomic E-state index is 12.5. The molecule has 0 unspecified atom stereocenters. The highest BCUT2D eigenvalue weighted by Crippen LogP contribution is 2.28. The van der Waals surface area contributed by atoms with Gasteiger partial charge in [-0.3, -0.25) is 4.79 Å². The number of carbonyl (C=O) groups excluding carboxylic acids is 1. The first-order chi connectivity index (χ1) is 9.96. The maximum Gasteiger partial charge on any atom is 0.251 e. The molecule has 0 atom stereocenters. The van der Waals surface area contributed by atoms with Crippen LogP contribution in [0.25, 0.3) is 0 Å². The molecule has 0 aliphatic heterocycles. The summed E-state index contributed by atoms with van der Waals surface area (Å²) >= 11 is 6.01. The Hall–Kier alpha value is -1.13. The number of aliphatic hydroxyl groups is 1. The van der Waals surface area contributed by atoms with Crippen LogP contribution in [-0.4, -0.2) is 28.1 Å². The SMILES string of the molecule is CC(C)c1cc(C(=O)NC2(CO)CCCCC2)cc(Cl)n1. The number of pyridine rings is 1. The number of hydrogen-bond acceptors (Lipinski definition) is 3. The van der Waals surface area contributed by atoms with Crippen LogP contribution in [0.3, 0.4) is 0 Å². The molecule has 2 rings (SSSR count). The fraction of sp³-hybridized carbons (Fsp3) is 0.625. The molecule has 1 aromatic heterocycles. The third kappa shape index (κ3) is 3.95. The Labute approximate surface area is 130 Å². The molecule has 1 amide bonds. The first kappa shape index (κ1) is 16.2. The number of rotatable bonds is 4. The Morgan fingerprint density at radius 3 is 2.62 bits per heavy atom. The lowest BCUT2D eigenvalue weighted by Crippen LogP contribution is -2.52. The van der Waals surface area contributed by atoms with E-state index in [1.54, 1.807) is 12.1 Å². The summed E-state index contributed by atoms with van der Waals surface area (Å²) in [6.07, 6.45) is 4.89. The molecule has 1 aliphatic carbocycles. The summed E-state index contributed by atoms with van der Waals surface area (Å²) in [5.41, 5.74) is 0.828. The van der Waals surface area contributed by atoms with Gasteiger partial charge in [0.1, 0.15) is 5.15 Å². The molecule has 0 aromatic carbocycles. The van der Waals surface area contributed by atoms with E-state index < -0.39 is 5.54 Å². The zero-order valence-electron chi connectivity index (χ0n) is 12.7. The average molecular weight is 311 g/mol. The highest BCUT2D eigenvalue weighted by molar-refractivity contribution is 6.29. The minimum absolute atomic E-state index is 0.0193. The van der Waals surface area contributed by atoms with E-state index in [0.29, 0.717) is 10.7 Å². The molecule has 21 heavy (non-hydrogen) atoms. The van der Waals surface area contributed by atoms with Gasteiger partial charge in [-0.05, 0) is 30.9 Å². The van der Waals surface area contributed by atoms with Crippen molar-refractivity contribution in [2.45, 2.75) is 57.4 Å². The van der Waals surface area contributed by atoms with Crippen molar-refractivity contribution >= 4 is 17.5 Å². The highest BCUT2D eigenvalue weighted by Gasteiger charge is 2.33. The predicted octanol–water partition coefficient (Wildman–Crippen LogP) is 3.28. The van der Waals surface area contributed by atoms with E-state index in [-0.39, 0.29) is 18.4 Å². The van der Waals surface area contributed by atoms with Crippen LogP contribution in [0.1, 0.15) is 67.9 Å². The molecule has 1 fully saturated rings. The van der Waals surface area contributed by atoms with Crippen molar-refractivity contribution in [1.82, 2.24) is 10.3 Å². The lowest BCUT2D eigenvalue weighted by Gasteiger charge is -2.36. The number of halogens is 1. The van der Waals surface area contributed by atoms with Crippen molar-refractivity contribution in [3.05, 3.63) is 28.5 Å². The highest BCUT2D eigenvalue weighted by atomic mass is 35.5. The number of amides is 1. The largest absolute Gasteiger partial charge is 0.394 e. The van der Waals surface area contributed by atoms with E-state index in [9.17, 15) is 9.90 Å². The third-order valence-corrected chi connectivity index (χ3v) is 4.35. The maximum absolute atomic E-state index is 12.5. The molecule has 116 valence electrons. The number of nitrogens with zero attached hydrogens (tertiary/aromatic N) is 1. The molecule has 0 spiro atoms. The molecule has 1 aliphatic rings. The van der Waals surface area contributed by atoms with Crippen LogP contribution in [0.4, 0.5) is 0 Å². The van der Waals surface area contributed by atoms with Gasteiger partial charge >= 0.3 is 0 Å². The van der Waals surface area contributed by atoms with Gasteiger partial charge in [0.2, 0.25) is 0 Å². The minimum Gasteiger partial charge on any atom is -0.394 e. The minimum atomic E-state index is -0.483. The van der Waals surface area contributed by atoms with E-state index in [1.807, 2.05) is 13.8 Å². The van der Waals surface area contributed by atoms with Gasteiger partial charge in [0.25, 0.3) is 5.91 Å². The van der Waals surface area contributed by atoms with Crippen molar-refractivity contribution < 1.29 is 9.90 Å². The van der Waals surface area contributed by atoms with Gasteiger partial charge in [0, 0.05) is 11.3 Å². The van der Waals surface area contributed by atoms with Crippen LogP contribution in [0.2, 0.25) is 5.15 Å². The number of aromatic nitrogens is 1. The summed E-state index contributed by atoms with van der Waals surface area (Å²) in [5.74, 6) is 0.0221. The van der Waals surface area contributed by atoms with Gasteiger partial charge in [-0.25, -0.2) is 4.98 Å². The van der Waals surface area contributed by atoms with Gasteiger partial charge in [0.15, 0.2) is 0 Å². The van der Waals surface area contributed by atoms with Gasteiger partial charge in [-0.15, -0.1) is 0 Å². The Kier molecular flexibility index (Phi) is 5.22. The monoisotopic (exact) mass is 310 g/mol. The summed E-state index contributed by atoms with van der Waals surface area (Å²) in [6, 6.07) is 3.36. The summed E-state index contributed by atoms with van der Waals surface area (Å²) in [4.78, 5) is 16.7. The molecule has 2 N–H and O–H groups in total. The molecule has 0 radical (unpaired) electrons. The second-order valence-electron chi connectivity index (χ2n) is 6.21. The topological polar surface area (TPSA) is 62.2 Å². The van der Waals surface area contributed by atoms with Gasteiger partial charge < -0.3 is 10.4 Å². The smallest absolute Gasteiger partial charge is 0.251 e. The third-order valence-electron chi connectivity index (χ3n) is 4.16. The molecule has 0 saturated heterocycles. The van der Waals surface area contributed by atoms with E-state index in [2.05, 4.69) is 10.3 Å². The van der Waals surface area contributed by atoms with Gasteiger partial charge in [0.05, 0.1) is 12.1 Å². The molecule has 4 nitrogen and oxygen atoms in total. The standard InChI is InChI=1S/C16H23ClN2O2/c1-11(2)13-8-12(9-14(17)18-13)15(21)19-16(10-20)6-4-3-5-7-16/h8-9,11,20H,3-7,10H2,1-2H3,(H,19,21). The Morgan fingerprint density at radius 2 is 2.05 bits per heavy atom. The number of nitrogens with one attached hydrogen (secondary N) is 1. The quantitative estimate of drug-likeness (QED) is 0.839. The predicted molar refractivity (Wildman–Crippen MR) is 83.7 cm³/mol. The molecular formula is C16H23ClN2O2. The summed E-state index contributed by atoms with van der Waals surface area (Å²) in [5, 5.41) is 13.0. The first-order valence-corrected chi connectivity index (χ1v) is 7.94. The number of carbonyl (C=O) groups is 1. The Bertz CT molecular complexity index is 511. The Morgan fingerprint density at radius 1 is 1.38 bits per heavy atom. The lowest BCUT2D eigenvalue weighted by atomic mass is 9.82. The summed E-state index contributed by atoms with van der Waals surface area (Å²) in [7, 11) is 0. The van der Waals surface area contributed by atoms with Crippen LogP contribution in [0, 0.1) is 0 Å². The van der Waals surface area contributed by atoms with Crippen molar-refractivity contribution in [2.24, 2.45) is 0 Å². The molecular weight excluding hydrogens is 288 g/mol. The first-order valence-electron chi connectivity index (χ1n) is 7.57. The number of hydrogen-bond donors (Lipinski definition) is 2. The van der Waals surface area contributed by atoms with Crippen molar-refractivity contribution in [1.29, 1.82) is 0 Å². The van der Waals surface area contributed by atoms with Gasteiger partial charge in [-0.2, -0.15) is 0 Å². The van der Waals surface area contributed by atoms with Crippen LogP contribution < -0.4 is 5.32 Å². The van der Waals surface area contributed by atoms with Gasteiger partial charge in [-0.1, -0.05) is 44.7 Å². The van der Waals surface area contributed by atoms with E-state index in [1.165, 1.54) is 0 Å². The summed E-state index contributed by atoms with van der Waals surface area (Å²) < 4.78 is 0. The van der Waals surface area contributed by atoms with Crippen LogP contribution in [0.15, 0.2) is 12.1 Å². The van der Waals surface area contributed by atoms with Crippen molar-refractivity contribution in [3.63, 3.8) is 0 Å². The van der Waals surface area contributed by atoms with Crippen LogP contribution in [-0.2, 0) is 0 Å². The zero-order chi connectivity index (χ0) is 15.5. The summed E-state index contributed by atoms with van der Waals surface area (Å²) in [6.45, 7) is 4.00. The van der Waals surface area contributed by atoms with Crippen molar-refractivity contribution in [2.75, 3.05) is 6.61 Å². The fourth-order valence-electron chi connectivity index (χ4n) is 2.81. The van der Waals surface area contributed by atoms with E-state index in [0.717, 1.165) is 37.8 Å². The van der Waals surface area contributed by atoms with E-state index >= 15 is 0 Å². The van der Waals surface area contributed by atoms with Crippen LogP contribution >= 0.6 is 11.6 Å². The second-order valence-corrected chi connectivity index (χ2v) is 6.60. The average Bonchev–Trinajstić information content (AvgIpc) is 2.47. The fourth-order valence-corrected chi connectivity index (χ4v) is 3.02. The second kappa shape index (κ2) is 6.75. The van der Waals surface area contributed by atoms with E-state index in [4.69, 9.17) is 11.6 Å². The lowest BCUT2D eigenvalue weighted by molar-refractivity contribution is 0.0758. The molecule has 1 heterocycles. The normalized spacial score (nSPS) is 17.8. The molecule has 1 saturated carbocycles. The van der Waals surface area contributed by atoms with Crippen molar-refractivity contribution in [3.8, 4) is 0 Å². The molecule has 1 aromatic rings. The Balaban J connectivity index is 2.19. The van der Waals surface area contributed by atoms with Crippen LogP contribution in [0.5, 0.6) is 0 Å². The number of aliphatic hydroxyl groups excluding tert-OH is 1. The zero-order valence-corrected chi connectivity index (χ0v) is 13.4. The molecule has 0 bridgehead atoms. The molecule has 5 heteroatoms.